The number of rotatable bonds is 11. The van der Waals surface area contributed by atoms with Gasteiger partial charge in [0.1, 0.15) is 12.1 Å². The van der Waals surface area contributed by atoms with Crippen molar-refractivity contribution in [2.45, 2.75) is 45.6 Å². The Hall–Kier alpha value is -3.16. The van der Waals surface area contributed by atoms with Crippen molar-refractivity contribution in [3.8, 4) is 11.6 Å². The molecule has 0 aliphatic heterocycles. The number of aromatic nitrogens is 3. The standard InChI is InChI=1S/C28H35N3O3Si/c1-5-6-17-32-26-21-30-31-22-27(29-20-25(26)31)33-18-19-34-35(28(2,3)4,23-13-9-7-10-14-23)24-15-11-8-12-16-24/h7-16,20-22H,5-6,17-19H2,1-4H3. The number of unbranched alkanes of at least 4 members (excludes halogenated alkanes) is 1. The summed E-state index contributed by atoms with van der Waals surface area (Å²) in [7, 11) is -2.58. The Morgan fingerprint density at radius 2 is 1.49 bits per heavy atom. The number of hydrogen-bond acceptors (Lipinski definition) is 5. The van der Waals surface area contributed by atoms with E-state index < -0.39 is 8.32 Å². The summed E-state index contributed by atoms with van der Waals surface area (Å²) in [6.45, 7) is 10.5. The number of nitrogens with zero attached hydrogens (tertiary/aromatic N) is 3. The molecule has 0 saturated carbocycles. The van der Waals surface area contributed by atoms with Crippen molar-refractivity contribution in [1.82, 2.24) is 14.6 Å². The summed E-state index contributed by atoms with van der Waals surface area (Å²) < 4.78 is 20.4. The van der Waals surface area contributed by atoms with E-state index in [4.69, 9.17) is 13.9 Å². The lowest BCUT2D eigenvalue weighted by Gasteiger charge is -2.43. The Kier molecular flexibility index (Phi) is 7.88. The molecule has 0 unspecified atom stereocenters. The highest BCUT2D eigenvalue weighted by Crippen LogP contribution is 2.36. The molecule has 35 heavy (non-hydrogen) atoms. The third-order valence-electron chi connectivity index (χ3n) is 6.17. The van der Waals surface area contributed by atoms with Gasteiger partial charge in [0.05, 0.1) is 31.8 Å². The molecular formula is C28H35N3O3Si. The van der Waals surface area contributed by atoms with E-state index in [9.17, 15) is 0 Å². The van der Waals surface area contributed by atoms with E-state index >= 15 is 0 Å². The van der Waals surface area contributed by atoms with Crippen molar-refractivity contribution < 1.29 is 13.9 Å². The predicted octanol–water partition coefficient (Wildman–Crippen LogP) is 4.86. The predicted molar refractivity (Wildman–Crippen MR) is 142 cm³/mol. The molecule has 4 aromatic rings. The van der Waals surface area contributed by atoms with Gasteiger partial charge in [-0.3, -0.25) is 0 Å². The van der Waals surface area contributed by atoms with Crippen LogP contribution in [0.15, 0.2) is 79.3 Å². The molecule has 184 valence electrons. The van der Waals surface area contributed by atoms with Crippen molar-refractivity contribution in [1.29, 1.82) is 0 Å². The van der Waals surface area contributed by atoms with E-state index in [1.165, 1.54) is 10.4 Å². The van der Waals surface area contributed by atoms with Crippen LogP contribution >= 0.6 is 0 Å². The molecule has 0 fully saturated rings. The molecule has 0 aliphatic carbocycles. The number of ether oxygens (including phenoxy) is 2. The van der Waals surface area contributed by atoms with Gasteiger partial charge in [-0.25, -0.2) is 9.50 Å². The van der Waals surface area contributed by atoms with E-state index in [-0.39, 0.29) is 5.04 Å². The van der Waals surface area contributed by atoms with Crippen LogP contribution in [0.25, 0.3) is 5.52 Å². The molecule has 7 heteroatoms. The van der Waals surface area contributed by atoms with Crippen LogP contribution in [-0.4, -0.2) is 42.7 Å². The second kappa shape index (κ2) is 11.1. The van der Waals surface area contributed by atoms with E-state index in [0.717, 1.165) is 24.1 Å². The lowest BCUT2D eigenvalue weighted by molar-refractivity contribution is 0.202. The molecule has 0 N–H and O–H groups in total. The largest absolute Gasteiger partial charge is 0.490 e. The van der Waals surface area contributed by atoms with Crippen molar-refractivity contribution in [3.63, 3.8) is 0 Å². The van der Waals surface area contributed by atoms with Crippen molar-refractivity contribution in [3.05, 3.63) is 79.3 Å². The Balaban J connectivity index is 1.49. The third kappa shape index (κ3) is 5.41. The minimum Gasteiger partial charge on any atom is -0.490 e. The average Bonchev–Trinajstić information content (AvgIpc) is 3.27. The second-order valence-corrected chi connectivity index (χ2v) is 13.9. The second-order valence-electron chi connectivity index (χ2n) is 9.63. The van der Waals surface area contributed by atoms with E-state index in [1.54, 1.807) is 23.1 Å². The van der Waals surface area contributed by atoms with Gasteiger partial charge < -0.3 is 13.9 Å². The molecule has 6 nitrogen and oxygen atoms in total. The maximum absolute atomic E-state index is 6.88. The van der Waals surface area contributed by atoms with Crippen LogP contribution in [-0.2, 0) is 4.43 Å². The van der Waals surface area contributed by atoms with Crippen LogP contribution in [0.2, 0.25) is 5.04 Å². The zero-order chi connectivity index (χ0) is 24.7. The fourth-order valence-corrected chi connectivity index (χ4v) is 9.00. The molecule has 0 amide bonds. The van der Waals surface area contributed by atoms with Gasteiger partial charge in [0.2, 0.25) is 5.88 Å². The van der Waals surface area contributed by atoms with Gasteiger partial charge in [0, 0.05) is 0 Å². The van der Waals surface area contributed by atoms with Crippen molar-refractivity contribution in [2.24, 2.45) is 0 Å². The Labute approximate surface area is 209 Å². The molecule has 0 saturated heterocycles. The Bertz CT molecular complexity index is 1170. The summed E-state index contributed by atoms with van der Waals surface area (Å²) in [6, 6.07) is 21.2. The van der Waals surface area contributed by atoms with E-state index in [2.05, 4.69) is 98.4 Å². The molecule has 4 rings (SSSR count). The smallest absolute Gasteiger partial charge is 0.261 e. The van der Waals surface area contributed by atoms with Crippen LogP contribution < -0.4 is 19.8 Å². The minimum atomic E-state index is -2.58. The number of benzene rings is 2. The fraction of sp³-hybridized carbons (Fsp3) is 0.357. The van der Waals surface area contributed by atoms with Crippen LogP contribution in [0.5, 0.6) is 11.6 Å². The molecule has 0 aliphatic rings. The van der Waals surface area contributed by atoms with Gasteiger partial charge in [-0.05, 0) is 21.8 Å². The van der Waals surface area contributed by atoms with Gasteiger partial charge in [0.15, 0.2) is 5.75 Å². The van der Waals surface area contributed by atoms with Gasteiger partial charge in [0.25, 0.3) is 8.32 Å². The zero-order valence-corrected chi connectivity index (χ0v) is 22.1. The van der Waals surface area contributed by atoms with E-state index in [0.29, 0.717) is 25.7 Å². The highest BCUT2D eigenvalue weighted by Gasteiger charge is 2.50. The Morgan fingerprint density at radius 3 is 2.09 bits per heavy atom. The molecule has 2 heterocycles. The molecule has 0 spiro atoms. The lowest BCUT2D eigenvalue weighted by Crippen LogP contribution is -2.66. The van der Waals surface area contributed by atoms with E-state index in [1.807, 2.05) is 0 Å². The third-order valence-corrected chi connectivity index (χ3v) is 11.2. The fourth-order valence-electron chi connectivity index (χ4n) is 4.46. The summed E-state index contributed by atoms with van der Waals surface area (Å²) in [5.41, 5.74) is 0.831. The highest BCUT2D eigenvalue weighted by molar-refractivity contribution is 6.99. The number of fused-ring (bicyclic) bond motifs is 1. The first-order valence-corrected chi connectivity index (χ1v) is 14.2. The zero-order valence-electron chi connectivity index (χ0n) is 21.1. The van der Waals surface area contributed by atoms with Gasteiger partial charge >= 0.3 is 0 Å². The van der Waals surface area contributed by atoms with Crippen LogP contribution in [0.3, 0.4) is 0 Å². The molecule has 2 aromatic heterocycles. The van der Waals surface area contributed by atoms with Gasteiger partial charge in [-0.15, -0.1) is 0 Å². The monoisotopic (exact) mass is 489 g/mol. The molecule has 2 aromatic carbocycles. The first-order chi connectivity index (χ1) is 17.0. The van der Waals surface area contributed by atoms with Gasteiger partial charge in [-0.1, -0.05) is 94.8 Å². The Morgan fingerprint density at radius 1 is 0.829 bits per heavy atom. The first-order valence-electron chi connectivity index (χ1n) is 12.3. The molecule has 0 radical (unpaired) electrons. The normalized spacial score (nSPS) is 12.1. The SMILES string of the molecule is CCCCOc1cnn2cc(OCCO[Si](c3ccccc3)(c3ccccc3)C(C)(C)C)ncc12. The molecule has 0 atom stereocenters. The van der Waals surface area contributed by atoms with Gasteiger partial charge in [-0.2, -0.15) is 5.10 Å². The number of hydrogen-bond donors (Lipinski definition) is 0. The molecule has 0 bridgehead atoms. The summed E-state index contributed by atoms with van der Waals surface area (Å²) in [4.78, 5) is 4.46. The highest BCUT2D eigenvalue weighted by atomic mass is 28.4. The summed E-state index contributed by atoms with van der Waals surface area (Å²) >= 11 is 0. The van der Waals surface area contributed by atoms with Crippen molar-refractivity contribution in [2.75, 3.05) is 19.8 Å². The molecular weight excluding hydrogens is 454 g/mol. The first kappa shape index (κ1) is 24.9. The maximum atomic E-state index is 6.88. The van der Waals surface area contributed by atoms with Crippen LogP contribution in [0, 0.1) is 0 Å². The maximum Gasteiger partial charge on any atom is 0.261 e. The summed E-state index contributed by atoms with van der Waals surface area (Å²) in [5, 5.41) is 6.82. The minimum absolute atomic E-state index is 0.0733. The summed E-state index contributed by atoms with van der Waals surface area (Å²) in [5.74, 6) is 1.25. The van der Waals surface area contributed by atoms with Crippen LogP contribution in [0.4, 0.5) is 0 Å². The van der Waals surface area contributed by atoms with Crippen LogP contribution in [0.1, 0.15) is 40.5 Å². The summed E-state index contributed by atoms with van der Waals surface area (Å²) in [6.07, 6.45) is 7.35. The topological polar surface area (TPSA) is 57.9 Å². The average molecular weight is 490 g/mol. The van der Waals surface area contributed by atoms with Crippen molar-refractivity contribution >= 4 is 24.2 Å². The lowest BCUT2D eigenvalue weighted by atomic mass is 10.2. The quantitative estimate of drug-likeness (QED) is 0.222.